The minimum absolute atomic E-state index is 0.0943. The van der Waals surface area contributed by atoms with Crippen LogP contribution in [0.2, 0.25) is 0 Å². The molecule has 0 aromatic heterocycles. The number of thiocarbonyl (C=S) groups is 1. The Morgan fingerprint density at radius 3 is 2.48 bits per heavy atom. The molecule has 0 heterocycles. The third kappa shape index (κ3) is 6.52. The number of hydrogen-bond acceptors (Lipinski definition) is 5. The summed E-state index contributed by atoms with van der Waals surface area (Å²) < 4.78 is 9.90. The van der Waals surface area contributed by atoms with Crippen LogP contribution >= 0.6 is 12.2 Å². The van der Waals surface area contributed by atoms with Gasteiger partial charge in [0, 0.05) is 5.69 Å². The van der Waals surface area contributed by atoms with E-state index in [0.29, 0.717) is 11.3 Å². The molecule has 0 saturated carbocycles. The number of methoxy groups -OCH3 is 1. The number of rotatable bonds is 4. The second kappa shape index (κ2) is 7.77. The summed E-state index contributed by atoms with van der Waals surface area (Å²) >= 11 is 4.78. The molecule has 0 spiro atoms. The molecule has 1 atom stereocenters. The Kier molecular flexibility index (Phi) is 6.32. The predicted octanol–water partition coefficient (Wildman–Crippen LogP) is 2.08. The van der Waals surface area contributed by atoms with Crippen LogP contribution in [0.3, 0.4) is 0 Å². The topological polar surface area (TPSA) is 103 Å². The summed E-state index contributed by atoms with van der Waals surface area (Å²) in [4.78, 5) is 23.9. The maximum atomic E-state index is 12.0. The van der Waals surface area contributed by atoms with E-state index in [0.717, 1.165) is 0 Å². The molecule has 7 nitrogen and oxygen atoms in total. The summed E-state index contributed by atoms with van der Waals surface area (Å²) in [6, 6.07) is 5.72. The van der Waals surface area contributed by atoms with Crippen LogP contribution in [-0.2, 0) is 14.3 Å². The van der Waals surface area contributed by atoms with E-state index < -0.39 is 23.7 Å². The van der Waals surface area contributed by atoms with Crippen LogP contribution in [0.15, 0.2) is 24.3 Å². The molecule has 126 valence electrons. The lowest BCUT2D eigenvalue weighted by atomic mass is 10.1. The van der Waals surface area contributed by atoms with E-state index in [1.165, 1.54) is 7.11 Å². The van der Waals surface area contributed by atoms with E-state index in [1.54, 1.807) is 45.0 Å². The molecule has 0 aliphatic heterocycles. The van der Waals surface area contributed by atoms with E-state index >= 15 is 0 Å². The first-order valence-electron chi connectivity index (χ1n) is 6.86. The summed E-state index contributed by atoms with van der Waals surface area (Å²) in [6.07, 6.45) is -0.722. The van der Waals surface area contributed by atoms with Crippen LogP contribution in [0.25, 0.3) is 0 Å². The normalized spacial score (nSPS) is 12.0. The first kappa shape index (κ1) is 18.7. The number of nitrogens with two attached hydrogens (primary N) is 1. The standard InChI is InChI=1S/C15H21N3O4S/c1-15(2,3)22-14(20)18-11(12(19)21-4)9-6-5-7-10(8-9)17-13(16)23/h5-8,11H,1-4H3,(H,18,20)(H3,16,17,23)/t11-/m0/s1. The highest BCUT2D eigenvalue weighted by Gasteiger charge is 2.26. The molecule has 0 unspecified atom stereocenters. The Bertz CT molecular complexity index is 599. The molecule has 0 radical (unpaired) electrons. The van der Waals surface area contributed by atoms with Crippen molar-refractivity contribution in [1.29, 1.82) is 0 Å². The number of carbonyl (C=O) groups is 2. The van der Waals surface area contributed by atoms with Crippen LogP contribution in [0.4, 0.5) is 10.5 Å². The fraction of sp³-hybridized carbons (Fsp3) is 0.400. The second-order valence-electron chi connectivity index (χ2n) is 5.72. The van der Waals surface area contributed by atoms with Gasteiger partial charge in [0.1, 0.15) is 5.60 Å². The maximum Gasteiger partial charge on any atom is 0.408 e. The zero-order valence-corrected chi connectivity index (χ0v) is 14.3. The molecule has 1 amide bonds. The number of hydrogen-bond donors (Lipinski definition) is 3. The Balaban J connectivity index is 3.00. The fourth-order valence-electron chi connectivity index (χ4n) is 1.76. The van der Waals surface area contributed by atoms with E-state index in [4.69, 9.17) is 27.4 Å². The minimum Gasteiger partial charge on any atom is -0.467 e. The number of amides is 1. The lowest BCUT2D eigenvalue weighted by Crippen LogP contribution is -2.38. The number of anilines is 1. The number of esters is 1. The van der Waals surface area contributed by atoms with Crippen molar-refractivity contribution in [1.82, 2.24) is 5.32 Å². The van der Waals surface area contributed by atoms with Gasteiger partial charge in [-0.05, 0) is 50.7 Å². The van der Waals surface area contributed by atoms with Crippen molar-refractivity contribution in [2.75, 3.05) is 12.4 Å². The smallest absolute Gasteiger partial charge is 0.408 e. The van der Waals surface area contributed by atoms with E-state index in [-0.39, 0.29) is 5.11 Å². The molecule has 4 N–H and O–H groups in total. The highest BCUT2D eigenvalue weighted by Crippen LogP contribution is 2.20. The first-order valence-corrected chi connectivity index (χ1v) is 7.27. The molecule has 1 aromatic rings. The van der Waals surface area contributed by atoms with Gasteiger partial charge in [-0.3, -0.25) is 0 Å². The summed E-state index contributed by atoms with van der Waals surface area (Å²) in [5.41, 5.74) is 5.84. The summed E-state index contributed by atoms with van der Waals surface area (Å²) in [7, 11) is 1.24. The van der Waals surface area contributed by atoms with Crippen molar-refractivity contribution in [3.05, 3.63) is 29.8 Å². The van der Waals surface area contributed by atoms with Crippen LogP contribution in [0, 0.1) is 0 Å². The molecule has 0 fully saturated rings. The predicted molar refractivity (Wildman–Crippen MR) is 91.0 cm³/mol. The van der Waals surface area contributed by atoms with E-state index in [2.05, 4.69) is 10.6 Å². The molecule has 0 bridgehead atoms. The highest BCUT2D eigenvalue weighted by molar-refractivity contribution is 7.80. The maximum absolute atomic E-state index is 12.0. The molecule has 8 heteroatoms. The average Bonchev–Trinajstić information content (AvgIpc) is 2.41. The van der Waals surface area contributed by atoms with Gasteiger partial charge in [-0.2, -0.15) is 0 Å². The SMILES string of the molecule is COC(=O)[C@@H](NC(=O)OC(C)(C)C)c1cccc(NC(N)=S)c1. The van der Waals surface area contributed by atoms with Gasteiger partial charge in [-0.25, -0.2) is 9.59 Å². The summed E-state index contributed by atoms with van der Waals surface area (Å²) in [5, 5.41) is 5.35. The van der Waals surface area contributed by atoms with Gasteiger partial charge in [0.2, 0.25) is 0 Å². The quantitative estimate of drug-likeness (QED) is 0.570. The van der Waals surface area contributed by atoms with Gasteiger partial charge < -0.3 is 25.8 Å². The van der Waals surface area contributed by atoms with Gasteiger partial charge in [0.25, 0.3) is 0 Å². The third-order valence-corrected chi connectivity index (χ3v) is 2.69. The van der Waals surface area contributed by atoms with Gasteiger partial charge in [0.15, 0.2) is 11.2 Å². The van der Waals surface area contributed by atoms with Crippen LogP contribution in [-0.4, -0.2) is 29.9 Å². The zero-order valence-electron chi connectivity index (χ0n) is 13.5. The Hall–Kier alpha value is -2.35. The Morgan fingerprint density at radius 2 is 1.96 bits per heavy atom. The van der Waals surface area contributed by atoms with Gasteiger partial charge in [-0.1, -0.05) is 12.1 Å². The molecule has 23 heavy (non-hydrogen) atoms. The molecule has 0 aliphatic rings. The fourth-order valence-corrected chi connectivity index (χ4v) is 1.88. The minimum atomic E-state index is -1.01. The summed E-state index contributed by atoms with van der Waals surface area (Å²) in [6.45, 7) is 5.19. The van der Waals surface area contributed by atoms with Crippen molar-refractivity contribution in [2.45, 2.75) is 32.4 Å². The zero-order chi connectivity index (χ0) is 17.6. The summed E-state index contributed by atoms with van der Waals surface area (Å²) in [5.74, 6) is -0.622. The molecule has 0 aliphatic carbocycles. The molecule has 1 aromatic carbocycles. The Morgan fingerprint density at radius 1 is 1.30 bits per heavy atom. The number of ether oxygens (including phenoxy) is 2. The number of benzene rings is 1. The lowest BCUT2D eigenvalue weighted by Gasteiger charge is -2.23. The van der Waals surface area contributed by atoms with E-state index in [9.17, 15) is 9.59 Å². The molecule has 0 saturated heterocycles. The Labute approximate surface area is 140 Å². The van der Waals surface area contributed by atoms with Gasteiger partial charge >= 0.3 is 12.1 Å². The number of alkyl carbamates (subject to hydrolysis) is 1. The van der Waals surface area contributed by atoms with Crippen molar-refractivity contribution >= 4 is 35.1 Å². The average molecular weight is 339 g/mol. The molecular weight excluding hydrogens is 318 g/mol. The highest BCUT2D eigenvalue weighted by atomic mass is 32.1. The molecule has 1 rings (SSSR count). The number of carbonyl (C=O) groups excluding carboxylic acids is 2. The van der Waals surface area contributed by atoms with E-state index in [1.807, 2.05) is 0 Å². The van der Waals surface area contributed by atoms with Crippen molar-refractivity contribution in [3.8, 4) is 0 Å². The largest absolute Gasteiger partial charge is 0.467 e. The van der Waals surface area contributed by atoms with Crippen LogP contribution in [0.5, 0.6) is 0 Å². The van der Waals surface area contributed by atoms with Crippen LogP contribution in [0.1, 0.15) is 32.4 Å². The van der Waals surface area contributed by atoms with Gasteiger partial charge in [-0.15, -0.1) is 0 Å². The number of nitrogens with one attached hydrogen (secondary N) is 2. The first-order chi connectivity index (χ1) is 10.6. The lowest BCUT2D eigenvalue weighted by molar-refractivity contribution is -0.143. The van der Waals surface area contributed by atoms with Crippen molar-refractivity contribution in [3.63, 3.8) is 0 Å². The van der Waals surface area contributed by atoms with Gasteiger partial charge in [0.05, 0.1) is 7.11 Å². The second-order valence-corrected chi connectivity index (χ2v) is 6.16. The molecular formula is C15H21N3O4S. The van der Waals surface area contributed by atoms with Crippen LogP contribution < -0.4 is 16.4 Å². The third-order valence-electron chi connectivity index (χ3n) is 2.59. The van der Waals surface area contributed by atoms with Crippen molar-refractivity contribution < 1.29 is 19.1 Å². The van der Waals surface area contributed by atoms with Crippen molar-refractivity contribution in [2.24, 2.45) is 5.73 Å². The monoisotopic (exact) mass is 339 g/mol.